The molecule has 0 aliphatic heterocycles. The van der Waals surface area contributed by atoms with Gasteiger partial charge in [0, 0.05) is 15.8 Å². The van der Waals surface area contributed by atoms with Crippen molar-refractivity contribution in [2.24, 2.45) is 0 Å². The zero-order valence-corrected chi connectivity index (χ0v) is 19.1. The van der Waals surface area contributed by atoms with Crippen LogP contribution in [0.25, 0.3) is 10.4 Å². The van der Waals surface area contributed by atoms with E-state index in [9.17, 15) is 23.1 Å². The molecule has 2 N–H and O–H groups in total. The number of carboxylic acids is 1. The van der Waals surface area contributed by atoms with Gasteiger partial charge >= 0.3 is 11.9 Å². The zero-order valence-electron chi connectivity index (χ0n) is 16.7. The largest absolute Gasteiger partial charge is 0.480 e. The summed E-state index contributed by atoms with van der Waals surface area (Å²) in [6.45, 7) is 0. The average molecular weight is 492 g/mol. The molecular formula is C22H18ClNO6S2. The third kappa shape index (κ3) is 4.04. The molecule has 2 atom stereocenters. The van der Waals surface area contributed by atoms with Crippen molar-refractivity contribution in [3.05, 3.63) is 76.8 Å². The van der Waals surface area contributed by atoms with E-state index in [1.165, 1.54) is 19.2 Å². The summed E-state index contributed by atoms with van der Waals surface area (Å²) in [4.78, 5) is 24.9. The Balaban J connectivity index is 1.63. The van der Waals surface area contributed by atoms with E-state index in [-0.39, 0.29) is 16.2 Å². The fraction of sp³-hybridized carbons (Fsp3) is 0.182. The van der Waals surface area contributed by atoms with Gasteiger partial charge in [-0.05, 0) is 47.9 Å². The molecule has 1 aliphatic rings. The smallest absolute Gasteiger partial charge is 0.338 e. The standard InChI is InChI=1S/C22H18ClNO6S2/c1-30-20(25)16-5-3-2-4-15(16)17-12-22(17,21(26)27)24-32(28,29)19-11-10-18(31-19)13-6-8-14(23)9-7-13/h2-11,17,24H,12H2,1H3,(H,26,27)/t17?,22-/m0/s1. The van der Waals surface area contributed by atoms with Gasteiger partial charge in [0.05, 0.1) is 12.7 Å². The van der Waals surface area contributed by atoms with Gasteiger partial charge in [0.1, 0.15) is 9.75 Å². The predicted octanol–water partition coefficient (Wildman–Crippen LogP) is 4.14. The number of methoxy groups -OCH3 is 1. The molecule has 3 aromatic rings. The number of benzene rings is 2. The Hall–Kier alpha value is -2.72. The van der Waals surface area contributed by atoms with E-state index in [2.05, 4.69) is 4.72 Å². The van der Waals surface area contributed by atoms with Crippen LogP contribution in [0.2, 0.25) is 5.02 Å². The second kappa shape index (κ2) is 8.32. The third-order valence-electron chi connectivity index (χ3n) is 5.38. The summed E-state index contributed by atoms with van der Waals surface area (Å²) < 4.78 is 33.3. The van der Waals surface area contributed by atoms with Gasteiger partial charge in [-0.25, -0.2) is 13.2 Å². The molecule has 166 valence electrons. The summed E-state index contributed by atoms with van der Waals surface area (Å²) in [5.41, 5.74) is -0.307. The summed E-state index contributed by atoms with van der Waals surface area (Å²) >= 11 is 6.93. The van der Waals surface area contributed by atoms with E-state index in [0.29, 0.717) is 15.5 Å². The molecule has 4 rings (SSSR count). The van der Waals surface area contributed by atoms with E-state index in [0.717, 1.165) is 16.9 Å². The molecule has 0 spiro atoms. The van der Waals surface area contributed by atoms with E-state index in [1.54, 1.807) is 48.5 Å². The Morgan fingerprint density at radius 2 is 1.81 bits per heavy atom. The highest BCUT2D eigenvalue weighted by atomic mass is 35.5. The molecule has 1 saturated carbocycles. The molecule has 1 unspecified atom stereocenters. The quantitative estimate of drug-likeness (QED) is 0.480. The van der Waals surface area contributed by atoms with Crippen LogP contribution >= 0.6 is 22.9 Å². The Bertz CT molecular complexity index is 1300. The Labute approximate surface area is 193 Å². The summed E-state index contributed by atoms with van der Waals surface area (Å²) in [5.74, 6) is -2.62. The number of hydrogen-bond acceptors (Lipinski definition) is 6. The van der Waals surface area contributed by atoms with E-state index < -0.39 is 33.4 Å². The van der Waals surface area contributed by atoms with Crippen LogP contribution in [0.5, 0.6) is 0 Å². The maximum Gasteiger partial charge on any atom is 0.338 e. The number of aliphatic carboxylic acids is 1. The minimum absolute atomic E-state index is 0.00465. The van der Waals surface area contributed by atoms with Crippen LogP contribution in [0.15, 0.2) is 64.9 Å². The Morgan fingerprint density at radius 3 is 2.47 bits per heavy atom. The third-order valence-corrected chi connectivity index (χ3v) is 8.76. The van der Waals surface area contributed by atoms with Crippen molar-refractivity contribution in [1.29, 1.82) is 0 Å². The lowest BCUT2D eigenvalue weighted by atomic mass is 10.0. The van der Waals surface area contributed by atoms with Gasteiger partial charge in [-0.1, -0.05) is 41.9 Å². The highest BCUT2D eigenvalue weighted by molar-refractivity contribution is 7.91. The average Bonchev–Trinajstić information content (AvgIpc) is 3.26. The number of carbonyl (C=O) groups excluding carboxylic acids is 1. The Morgan fingerprint density at radius 1 is 1.12 bits per heavy atom. The maximum absolute atomic E-state index is 13.1. The summed E-state index contributed by atoms with van der Waals surface area (Å²) in [6, 6.07) is 16.5. The van der Waals surface area contributed by atoms with Gasteiger partial charge in [-0.3, -0.25) is 4.79 Å². The van der Waals surface area contributed by atoms with Crippen molar-refractivity contribution in [3.63, 3.8) is 0 Å². The molecule has 10 heteroatoms. The van der Waals surface area contributed by atoms with Gasteiger partial charge in [-0.2, -0.15) is 4.72 Å². The van der Waals surface area contributed by atoms with E-state index in [4.69, 9.17) is 16.3 Å². The second-order valence-electron chi connectivity index (χ2n) is 7.34. The molecule has 7 nitrogen and oxygen atoms in total. The summed E-state index contributed by atoms with van der Waals surface area (Å²) in [5, 5.41) is 10.5. The first-order chi connectivity index (χ1) is 15.2. The van der Waals surface area contributed by atoms with Crippen molar-refractivity contribution in [2.75, 3.05) is 7.11 Å². The Kier molecular flexibility index (Phi) is 5.85. The topological polar surface area (TPSA) is 110 Å². The molecule has 0 saturated heterocycles. The van der Waals surface area contributed by atoms with Crippen molar-refractivity contribution >= 4 is 44.9 Å². The molecule has 0 bridgehead atoms. The van der Waals surface area contributed by atoms with Crippen molar-refractivity contribution in [1.82, 2.24) is 4.72 Å². The van der Waals surface area contributed by atoms with E-state index >= 15 is 0 Å². The molecule has 1 fully saturated rings. The number of carbonyl (C=O) groups is 2. The number of halogens is 1. The normalized spacial score (nSPS) is 20.0. The number of thiophene rings is 1. The number of sulfonamides is 1. The minimum atomic E-state index is -4.13. The minimum Gasteiger partial charge on any atom is -0.480 e. The molecule has 0 amide bonds. The monoisotopic (exact) mass is 491 g/mol. The SMILES string of the molecule is COC(=O)c1ccccc1C1C[C@@]1(NS(=O)(=O)c1ccc(-c2ccc(Cl)cc2)s1)C(=O)O. The van der Waals surface area contributed by atoms with Crippen molar-refractivity contribution < 1.29 is 27.9 Å². The number of esters is 1. The van der Waals surface area contributed by atoms with Crippen LogP contribution < -0.4 is 4.72 Å². The zero-order chi connectivity index (χ0) is 23.1. The van der Waals surface area contributed by atoms with Gasteiger partial charge < -0.3 is 9.84 Å². The lowest BCUT2D eigenvalue weighted by Crippen LogP contribution is -2.44. The van der Waals surface area contributed by atoms with Gasteiger partial charge in [-0.15, -0.1) is 11.3 Å². The molecule has 0 radical (unpaired) electrons. The number of nitrogens with one attached hydrogen (secondary N) is 1. The highest BCUT2D eigenvalue weighted by Crippen LogP contribution is 2.53. The first kappa shape index (κ1) is 22.5. The van der Waals surface area contributed by atoms with Crippen molar-refractivity contribution in [2.45, 2.75) is 22.1 Å². The predicted molar refractivity (Wildman–Crippen MR) is 121 cm³/mol. The molecule has 2 aromatic carbocycles. The van der Waals surface area contributed by atoms with Crippen molar-refractivity contribution in [3.8, 4) is 10.4 Å². The van der Waals surface area contributed by atoms with Crippen LogP contribution in [-0.4, -0.2) is 38.1 Å². The van der Waals surface area contributed by atoms with Crippen LogP contribution in [0, 0.1) is 0 Å². The molecular weight excluding hydrogens is 474 g/mol. The molecule has 32 heavy (non-hydrogen) atoms. The number of carboxylic acid groups (broad SMARTS) is 1. The molecule has 1 heterocycles. The van der Waals surface area contributed by atoms with Crippen LogP contribution in [0.1, 0.15) is 28.3 Å². The van der Waals surface area contributed by atoms with E-state index in [1.807, 2.05) is 0 Å². The lowest BCUT2D eigenvalue weighted by molar-refractivity contribution is -0.140. The second-order valence-corrected chi connectivity index (χ2v) is 10.8. The maximum atomic E-state index is 13.1. The lowest BCUT2D eigenvalue weighted by Gasteiger charge is -2.16. The van der Waals surface area contributed by atoms with Crippen LogP contribution in [-0.2, 0) is 19.6 Å². The summed E-state index contributed by atoms with van der Waals surface area (Å²) in [6.07, 6.45) is 0.0188. The number of hydrogen-bond donors (Lipinski definition) is 2. The fourth-order valence-corrected chi connectivity index (χ4v) is 6.49. The fourth-order valence-electron chi connectivity index (χ4n) is 3.65. The summed E-state index contributed by atoms with van der Waals surface area (Å²) in [7, 11) is -2.90. The first-order valence-electron chi connectivity index (χ1n) is 9.48. The van der Waals surface area contributed by atoms with Crippen LogP contribution in [0.4, 0.5) is 0 Å². The number of ether oxygens (including phenoxy) is 1. The number of rotatable bonds is 7. The molecule has 1 aromatic heterocycles. The van der Waals surface area contributed by atoms with Gasteiger partial charge in [0.2, 0.25) is 0 Å². The van der Waals surface area contributed by atoms with Crippen LogP contribution in [0.3, 0.4) is 0 Å². The van der Waals surface area contributed by atoms with Gasteiger partial charge in [0.25, 0.3) is 10.0 Å². The first-order valence-corrected chi connectivity index (χ1v) is 12.2. The highest BCUT2D eigenvalue weighted by Gasteiger charge is 2.64. The molecule has 1 aliphatic carbocycles. The van der Waals surface area contributed by atoms with Gasteiger partial charge in [0.15, 0.2) is 0 Å².